The molecule has 1 aromatic carbocycles. The topological polar surface area (TPSA) is 62.2 Å². The Labute approximate surface area is 152 Å². The van der Waals surface area contributed by atoms with Gasteiger partial charge in [-0.1, -0.05) is 6.07 Å². The molecule has 3 saturated heterocycles. The van der Waals surface area contributed by atoms with Crippen molar-refractivity contribution in [1.82, 2.24) is 4.90 Å². The molecular formula is C21H25NO4. The van der Waals surface area contributed by atoms with Crippen LogP contribution in [0.3, 0.4) is 0 Å². The van der Waals surface area contributed by atoms with Gasteiger partial charge < -0.3 is 19.7 Å². The molecule has 2 unspecified atom stereocenters. The largest absolute Gasteiger partial charge is 0.504 e. The van der Waals surface area contributed by atoms with Crippen molar-refractivity contribution in [2.24, 2.45) is 5.92 Å². The quantitative estimate of drug-likeness (QED) is 0.846. The zero-order chi connectivity index (χ0) is 17.3. The number of ether oxygens (including phenoxy) is 2. The lowest BCUT2D eigenvalue weighted by Gasteiger charge is -2.70. The number of likely N-dealkylation sites (tertiary alicyclic amines) is 1. The van der Waals surface area contributed by atoms with Gasteiger partial charge in [-0.3, -0.25) is 4.90 Å². The molecule has 3 aliphatic carbocycles. The van der Waals surface area contributed by atoms with Crippen LogP contribution in [0, 0.1) is 5.92 Å². The van der Waals surface area contributed by atoms with Gasteiger partial charge >= 0.3 is 0 Å². The Hall–Kier alpha value is -1.30. The molecule has 2 spiro atoms. The fourth-order valence-electron chi connectivity index (χ4n) is 7.25. The summed E-state index contributed by atoms with van der Waals surface area (Å²) in [4.78, 5) is 2.68. The Kier molecular flexibility index (Phi) is 2.40. The molecule has 2 saturated carbocycles. The van der Waals surface area contributed by atoms with E-state index in [0.717, 1.165) is 43.7 Å². The Morgan fingerprint density at radius 3 is 2.85 bits per heavy atom. The minimum Gasteiger partial charge on any atom is -0.504 e. The van der Waals surface area contributed by atoms with Gasteiger partial charge in [-0.25, -0.2) is 0 Å². The molecule has 4 heterocycles. The zero-order valence-electron chi connectivity index (χ0n) is 14.9. The highest BCUT2D eigenvalue weighted by atomic mass is 16.6. The third-order valence-electron chi connectivity index (χ3n) is 8.48. The normalized spacial score (nSPS) is 47.6. The molecule has 0 amide bonds. The first-order valence-electron chi connectivity index (χ1n) is 10.2. The maximum absolute atomic E-state index is 11.4. The van der Waals surface area contributed by atoms with Crippen molar-refractivity contribution in [2.45, 2.75) is 67.3 Å². The number of nitrogens with zero attached hydrogens (tertiary/aromatic N) is 1. The second-order valence-corrected chi connectivity index (χ2v) is 9.61. The van der Waals surface area contributed by atoms with Crippen molar-refractivity contribution >= 4 is 0 Å². The summed E-state index contributed by atoms with van der Waals surface area (Å²) in [7, 11) is 0. The van der Waals surface area contributed by atoms with Crippen LogP contribution in [-0.2, 0) is 16.6 Å². The lowest BCUT2D eigenvalue weighted by molar-refractivity contribution is -0.323. The van der Waals surface area contributed by atoms with Crippen LogP contribution in [0.2, 0.25) is 0 Å². The van der Waals surface area contributed by atoms with E-state index >= 15 is 0 Å². The van der Waals surface area contributed by atoms with E-state index in [0.29, 0.717) is 18.4 Å². The van der Waals surface area contributed by atoms with Crippen molar-refractivity contribution in [3.05, 3.63) is 23.3 Å². The van der Waals surface area contributed by atoms with Crippen LogP contribution < -0.4 is 4.74 Å². The Bertz CT molecular complexity index is 826. The monoisotopic (exact) mass is 355 g/mol. The van der Waals surface area contributed by atoms with Gasteiger partial charge in [0.1, 0.15) is 11.7 Å². The van der Waals surface area contributed by atoms with Crippen molar-refractivity contribution < 1.29 is 19.7 Å². The number of benzene rings is 1. The number of aliphatic hydroxyl groups is 1. The molecule has 4 bridgehead atoms. The highest BCUT2D eigenvalue weighted by molar-refractivity contribution is 5.63. The highest BCUT2D eigenvalue weighted by Crippen LogP contribution is 2.70. The molecular weight excluding hydrogens is 330 g/mol. The summed E-state index contributed by atoms with van der Waals surface area (Å²) in [6.45, 7) is 2.58. The zero-order valence-corrected chi connectivity index (χ0v) is 14.9. The number of hydrogen-bond acceptors (Lipinski definition) is 5. The molecule has 138 valence electrons. The number of aromatic hydroxyl groups is 1. The predicted molar refractivity (Wildman–Crippen MR) is 93.5 cm³/mol. The van der Waals surface area contributed by atoms with Crippen LogP contribution in [0.1, 0.15) is 43.2 Å². The standard InChI is InChI=1S/C21H25NO4/c23-14-4-3-13-9-15-21-6-5-19(24,11-25-21)18-20(21,16(13)17(14)26-18)7-8-22(15)10-12-1-2-12/h3-4,12,15,18,23-24H,1-2,5-11H2/t15-,18+,19?,20+,21?/m1/s1. The number of fused-ring (bicyclic) bond motifs is 2. The van der Waals surface area contributed by atoms with E-state index in [-0.39, 0.29) is 22.9 Å². The van der Waals surface area contributed by atoms with E-state index in [1.54, 1.807) is 6.07 Å². The molecule has 0 aromatic heterocycles. The average Bonchev–Trinajstić information content (AvgIpc) is 3.37. The molecule has 5 nitrogen and oxygen atoms in total. The van der Waals surface area contributed by atoms with Gasteiger partial charge in [0.25, 0.3) is 0 Å². The first-order valence-corrected chi connectivity index (χ1v) is 10.2. The molecule has 1 aromatic rings. The van der Waals surface area contributed by atoms with Crippen LogP contribution in [0.4, 0.5) is 0 Å². The molecule has 26 heavy (non-hydrogen) atoms. The summed E-state index contributed by atoms with van der Waals surface area (Å²) in [5.41, 5.74) is 0.926. The van der Waals surface area contributed by atoms with E-state index in [1.165, 1.54) is 24.9 Å². The van der Waals surface area contributed by atoms with Gasteiger partial charge in [-0.05, 0) is 62.6 Å². The Morgan fingerprint density at radius 2 is 2.08 bits per heavy atom. The highest BCUT2D eigenvalue weighted by Gasteiger charge is 2.79. The minimum absolute atomic E-state index is 0.213. The van der Waals surface area contributed by atoms with Crippen LogP contribution in [0.5, 0.6) is 11.5 Å². The summed E-state index contributed by atoms with van der Waals surface area (Å²) < 4.78 is 13.0. The Balaban J connectivity index is 1.49. The summed E-state index contributed by atoms with van der Waals surface area (Å²) in [5, 5.41) is 21.9. The molecule has 5 heteroatoms. The van der Waals surface area contributed by atoms with Gasteiger partial charge in [0.15, 0.2) is 11.5 Å². The first kappa shape index (κ1) is 14.7. The first-order chi connectivity index (χ1) is 12.6. The molecule has 8 rings (SSSR count). The number of phenolic OH excluding ortho intramolecular Hbond substituents is 1. The van der Waals surface area contributed by atoms with E-state index in [4.69, 9.17) is 9.47 Å². The van der Waals surface area contributed by atoms with E-state index < -0.39 is 5.60 Å². The minimum atomic E-state index is -0.939. The number of hydrogen-bond donors (Lipinski definition) is 2. The molecule has 2 N–H and O–H groups in total. The number of rotatable bonds is 2. The van der Waals surface area contributed by atoms with Gasteiger partial charge in [-0.15, -0.1) is 0 Å². The van der Waals surface area contributed by atoms with E-state index in [1.807, 2.05) is 0 Å². The van der Waals surface area contributed by atoms with Gasteiger partial charge in [0.05, 0.1) is 17.6 Å². The van der Waals surface area contributed by atoms with E-state index in [9.17, 15) is 10.2 Å². The summed E-state index contributed by atoms with van der Waals surface area (Å²) >= 11 is 0. The van der Waals surface area contributed by atoms with Gasteiger partial charge in [0, 0.05) is 18.2 Å². The van der Waals surface area contributed by atoms with Gasteiger partial charge in [0.2, 0.25) is 0 Å². The molecule has 5 atom stereocenters. The third kappa shape index (κ3) is 1.39. The smallest absolute Gasteiger partial charge is 0.165 e. The second-order valence-electron chi connectivity index (χ2n) is 9.61. The SMILES string of the molecule is Oc1ccc2c3c1O[C@H]1C4(O)CCC5(OC4)[C@@H](C2)N(CC2CC2)CC[C@]315. The summed E-state index contributed by atoms with van der Waals surface area (Å²) in [5.74, 6) is 1.69. The maximum atomic E-state index is 11.4. The lowest BCUT2D eigenvalue weighted by atomic mass is 9.45. The van der Waals surface area contributed by atoms with Crippen molar-refractivity contribution in [1.29, 1.82) is 0 Å². The number of piperidine rings is 1. The van der Waals surface area contributed by atoms with Crippen molar-refractivity contribution in [3.8, 4) is 11.5 Å². The molecule has 0 radical (unpaired) electrons. The fraction of sp³-hybridized carbons (Fsp3) is 0.714. The second kappa shape index (κ2) is 4.23. The van der Waals surface area contributed by atoms with Gasteiger partial charge in [-0.2, -0.15) is 0 Å². The van der Waals surface area contributed by atoms with E-state index in [2.05, 4.69) is 11.0 Å². The molecule has 7 aliphatic rings. The molecule has 5 fully saturated rings. The van der Waals surface area contributed by atoms with Crippen molar-refractivity contribution in [2.75, 3.05) is 19.7 Å². The van der Waals surface area contributed by atoms with Crippen LogP contribution in [-0.4, -0.2) is 58.2 Å². The van der Waals surface area contributed by atoms with Crippen molar-refractivity contribution in [3.63, 3.8) is 0 Å². The van der Waals surface area contributed by atoms with Crippen LogP contribution in [0.25, 0.3) is 0 Å². The van der Waals surface area contributed by atoms with Crippen LogP contribution >= 0.6 is 0 Å². The lowest BCUT2D eigenvalue weighted by Crippen LogP contribution is -2.84. The summed E-state index contributed by atoms with van der Waals surface area (Å²) in [6, 6.07) is 4.21. The molecule has 4 aliphatic heterocycles. The Morgan fingerprint density at radius 1 is 1.19 bits per heavy atom. The maximum Gasteiger partial charge on any atom is 0.165 e. The average molecular weight is 355 g/mol. The van der Waals surface area contributed by atoms with Crippen LogP contribution in [0.15, 0.2) is 12.1 Å². The predicted octanol–water partition coefficient (Wildman–Crippen LogP) is 1.73. The number of phenols is 1. The summed E-state index contributed by atoms with van der Waals surface area (Å²) in [6.07, 6.45) is 5.98. The third-order valence-corrected chi connectivity index (χ3v) is 8.48. The fourth-order valence-corrected chi connectivity index (χ4v) is 7.25.